The Balaban J connectivity index is 2.44. The van der Waals surface area contributed by atoms with E-state index in [9.17, 15) is 4.79 Å². The molecule has 0 N–H and O–H groups in total. The summed E-state index contributed by atoms with van der Waals surface area (Å²) >= 11 is 1.83. The van der Waals surface area contributed by atoms with Crippen molar-refractivity contribution in [3.05, 3.63) is 0 Å². The number of hydrogen-bond donors (Lipinski definition) is 0. The largest absolute Gasteiger partial charge is 0.343 e. The van der Waals surface area contributed by atoms with Crippen molar-refractivity contribution in [3.63, 3.8) is 0 Å². The van der Waals surface area contributed by atoms with Crippen LogP contribution < -0.4 is 0 Å². The van der Waals surface area contributed by atoms with Crippen LogP contribution in [0.2, 0.25) is 0 Å². The molecule has 0 bridgehead atoms. The zero-order valence-corrected chi connectivity index (χ0v) is 9.43. The Bertz CT molecular complexity index is 184. The van der Waals surface area contributed by atoms with Crippen LogP contribution in [0.15, 0.2) is 0 Å². The number of hydrogen-bond acceptors (Lipinski definition) is 3. The Morgan fingerprint density at radius 1 is 1.54 bits per heavy atom. The quantitative estimate of drug-likeness (QED) is 0.666. The summed E-state index contributed by atoms with van der Waals surface area (Å²) < 4.78 is 0. The van der Waals surface area contributed by atoms with E-state index in [0.717, 1.165) is 25.4 Å². The third-order valence-corrected chi connectivity index (χ3v) is 3.18. The van der Waals surface area contributed by atoms with Crippen molar-refractivity contribution in [1.82, 2.24) is 9.80 Å². The molecule has 1 unspecified atom stereocenters. The molecule has 1 atom stereocenters. The Hall–Kier alpha value is -0.220. The maximum atomic E-state index is 11.6. The molecule has 0 aliphatic carbocycles. The smallest absolute Gasteiger partial charge is 0.239 e. The number of likely N-dealkylation sites (N-methyl/N-ethyl adjacent to an activating group) is 1. The highest BCUT2D eigenvalue weighted by Crippen LogP contribution is 2.09. The number of amides is 1. The lowest BCUT2D eigenvalue weighted by Crippen LogP contribution is -2.54. The van der Waals surface area contributed by atoms with Gasteiger partial charge >= 0.3 is 0 Å². The molecule has 1 amide bonds. The summed E-state index contributed by atoms with van der Waals surface area (Å²) in [5.41, 5.74) is 0. The van der Waals surface area contributed by atoms with Gasteiger partial charge in [-0.2, -0.15) is 11.8 Å². The third kappa shape index (κ3) is 2.61. The van der Waals surface area contributed by atoms with Crippen molar-refractivity contribution in [2.45, 2.75) is 13.0 Å². The fourth-order valence-corrected chi connectivity index (χ4v) is 1.99. The van der Waals surface area contributed by atoms with Crippen molar-refractivity contribution in [2.75, 3.05) is 38.7 Å². The molecule has 0 aromatic rings. The van der Waals surface area contributed by atoms with Gasteiger partial charge in [0.05, 0.1) is 6.04 Å². The maximum absolute atomic E-state index is 11.6. The van der Waals surface area contributed by atoms with Gasteiger partial charge in [-0.15, -0.1) is 0 Å². The van der Waals surface area contributed by atoms with E-state index in [1.54, 1.807) is 0 Å². The van der Waals surface area contributed by atoms with Crippen LogP contribution in [0.3, 0.4) is 0 Å². The molecular formula is C9H18N2OS. The Labute approximate surface area is 84.5 Å². The SMILES string of the molecule is CSCCN1CCN(C)C(=O)C1C. The summed E-state index contributed by atoms with van der Waals surface area (Å²) in [6.07, 6.45) is 2.10. The summed E-state index contributed by atoms with van der Waals surface area (Å²) in [6, 6.07) is 0.0749. The lowest BCUT2D eigenvalue weighted by Gasteiger charge is -2.37. The number of piperazine rings is 1. The first-order valence-electron chi connectivity index (χ1n) is 4.64. The Morgan fingerprint density at radius 3 is 2.85 bits per heavy atom. The van der Waals surface area contributed by atoms with E-state index in [1.807, 2.05) is 30.6 Å². The number of carbonyl (C=O) groups excluding carboxylic acids is 1. The summed E-state index contributed by atoms with van der Waals surface area (Å²) in [7, 11) is 1.88. The Kier molecular flexibility index (Phi) is 4.06. The van der Waals surface area contributed by atoms with Gasteiger partial charge in [-0.25, -0.2) is 0 Å². The van der Waals surface area contributed by atoms with Crippen LogP contribution in [-0.4, -0.2) is 60.4 Å². The van der Waals surface area contributed by atoms with Gasteiger partial charge in [-0.3, -0.25) is 9.69 Å². The minimum Gasteiger partial charge on any atom is -0.343 e. The van der Waals surface area contributed by atoms with E-state index >= 15 is 0 Å². The van der Waals surface area contributed by atoms with Gasteiger partial charge in [0.25, 0.3) is 0 Å². The maximum Gasteiger partial charge on any atom is 0.239 e. The molecule has 1 fully saturated rings. The molecular weight excluding hydrogens is 184 g/mol. The van der Waals surface area contributed by atoms with E-state index in [1.165, 1.54) is 0 Å². The predicted molar refractivity (Wildman–Crippen MR) is 57.1 cm³/mol. The number of carbonyl (C=O) groups is 1. The van der Waals surface area contributed by atoms with Gasteiger partial charge in [0.2, 0.25) is 5.91 Å². The average Bonchev–Trinajstić information content (AvgIpc) is 2.13. The normalized spacial score (nSPS) is 25.3. The highest BCUT2D eigenvalue weighted by molar-refractivity contribution is 7.98. The zero-order chi connectivity index (χ0) is 9.84. The lowest BCUT2D eigenvalue weighted by atomic mass is 10.2. The molecule has 3 nitrogen and oxygen atoms in total. The van der Waals surface area contributed by atoms with E-state index in [0.29, 0.717) is 0 Å². The van der Waals surface area contributed by atoms with E-state index in [2.05, 4.69) is 11.2 Å². The van der Waals surface area contributed by atoms with E-state index in [4.69, 9.17) is 0 Å². The van der Waals surface area contributed by atoms with Crippen LogP contribution in [-0.2, 0) is 4.79 Å². The van der Waals surface area contributed by atoms with Crippen molar-refractivity contribution in [1.29, 1.82) is 0 Å². The molecule has 0 spiro atoms. The second kappa shape index (κ2) is 4.86. The fraction of sp³-hybridized carbons (Fsp3) is 0.889. The van der Waals surface area contributed by atoms with Gasteiger partial charge in [0, 0.05) is 32.4 Å². The van der Waals surface area contributed by atoms with Gasteiger partial charge in [-0.05, 0) is 13.2 Å². The molecule has 0 saturated carbocycles. The lowest BCUT2D eigenvalue weighted by molar-refractivity contribution is -0.139. The molecule has 4 heteroatoms. The minimum absolute atomic E-state index is 0.0749. The van der Waals surface area contributed by atoms with E-state index in [-0.39, 0.29) is 11.9 Å². The summed E-state index contributed by atoms with van der Waals surface area (Å²) in [5.74, 6) is 1.37. The third-order valence-electron chi connectivity index (χ3n) is 2.59. The van der Waals surface area contributed by atoms with Crippen LogP contribution in [0, 0.1) is 0 Å². The molecule has 1 aliphatic rings. The van der Waals surface area contributed by atoms with Crippen molar-refractivity contribution in [3.8, 4) is 0 Å². The Morgan fingerprint density at radius 2 is 2.23 bits per heavy atom. The molecule has 13 heavy (non-hydrogen) atoms. The summed E-state index contributed by atoms with van der Waals surface area (Å²) in [5, 5.41) is 0. The van der Waals surface area contributed by atoms with Crippen LogP contribution >= 0.6 is 11.8 Å². The molecule has 1 rings (SSSR count). The molecule has 1 aliphatic heterocycles. The molecule has 76 valence electrons. The van der Waals surface area contributed by atoms with Gasteiger partial charge in [-0.1, -0.05) is 0 Å². The van der Waals surface area contributed by atoms with Crippen molar-refractivity contribution >= 4 is 17.7 Å². The highest BCUT2D eigenvalue weighted by atomic mass is 32.2. The molecule has 1 heterocycles. The second-order valence-electron chi connectivity index (χ2n) is 3.46. The highest BCUT2D eigenvalue weighted by Gasteiger charge is 2.28. The average molecular weight is 202 g/mol. The first-order valence-corrected chi connectivity index (χ1v) is 6.04. The summed E-state index contributed by atoms with van der Waals surface area (Å²) in [4.78, 5) is 15.7. The first-order chi connectivity index (χ1) is 6.16. The van der Waals surface area contributed by atoms with Crippen LogP contribution in [0.25, 0.3) is 0 Å². The first kappa shape index (κ1) is 10.9. The molecule has 0 radical (unpaired) electrons. The van der Waals surface area contributed by atoms with Crippen LogP contribution in [0.5, 0.6) is 0 Å². The van der Waals surface area contributed by atoms with Crippen LogP contribution in [0.4, 0.5) is 0 Å². The molecule has 0 aromatic carbocycles. The van der Waals surface area contributed by atoms with Gasteiger partial charge < -0.3 is 4.90 Å². The van der Waals surface area contributed by atoms with Crippen molar-refractivity contribution in [2.24, 2.45) is 0 Å². The number of thioether (sulfide) groups is 1. The summed E-state index contributed by atoms with van der Waals surface area (Å²) in [6.45, 7) is 4.92. The number of nitrogens with zero attached hydrogens (tertiary/aromatic N) is 2. The minimum atomic E-state index is 0.0749. The van der Waals surface area contributed by atoms with Crippen molar-refractivity contribution < 1.29 is 4.79 Å². The predicted octanol–water partition coefficient (Wildman–Crippen LogP) is 0.512. The number of rotatable bonds is 3. The monoisotopic (exact) mass is 202 g/mol. The van der Waals surface area contributed by atoms with Gasteiger partial charge in [0.15, 0.2) is 0 Å². The van der Waals surface area contributed by atoms with E-state index < -0.39 is 0 Å². The standard InChI is InChI=1S/C9H18N2OS/c1-8-9(12)10(2)4-5-11(8)6-7-13-3/h8H,4-7H2,1-3H3. The molecule has 0 aromatic heterocycles. The topological polar surface area (TPSA) is 23.6 Å². The second-order valence-corrected chi connectivity index (χ2v) is 4.45. The van der Waals surface area contributed by atoms with Crippen LogP contribution in [0.1, 0.15) is 6.92 Å². The molecule has 1 saturated heterocycles. The fourth-order valence-electron chi connectivity index (χ4n) is 1.57. The van der Waals surface area contributed by atoms with Gasteiger partial charge in [0.1, 0.15) is 0 Å². The zero-order valence-electron chi connectivity index (χ0n) is 8.62.